The van der Waals surface area contributed by atoms with Gasteiger partial charge >= 0.3 is 0 Å². The van der Waals surface area contributed by atoms with E-state index in [2.05, 4.69) is 27.5 Å². The van der Waals surface area contributed by atoms with Crippen LogP contribution in [0, 0.1) is 6.92 Å². The summed E-state index contributed by atoms with van der Waals surface area (Å²) in [6.07, 6.45) is 3.73. The molecule has 1 aromatic rings. The van der Waals surface area contributed by atoms with E-state index < -0.39 is 0 Å². The minimum Gasteiger partial charge on any atom is -0.385 e. The van der Waals surface area contributed by atoms with Gasteiger partial charge in [0.2, 0.25) is 0 Å². The third kappa shape index (κ3) is 4.56. The molecule has 96 valence electrons. The number of anilines is 2. The summed E-state index contributed by atoms with van der Waals surface area (Å²) in [5, 5.41) is 6.54. The lowest BCUT2D eigenvalue weighted by Gasteiger charge is -2.11. The molecule has 1 aromatic heterocycles. The summed E-state index contributed by atoms with van der Waals surface area (Å²) >= 11 is 0. The number of unbranched alkanes of at least 4 members (excludes halogenated alkanes) is 1. The van der Waals surface area contributed by atoms with Gasteiger partial charge in [0.25, 0.3) is 0 Å². The van der Waals surface area contributed by atoms with Crippen LogP contribution in [0.4, 0.5) is 11.6 Å². The Hall–Kier alpha value is -1.36. The average molecular weight is 238 g/mol. The minimum atomic E-state index is 0.813. The van der Waals surface area contributed by atoms with Crippen molar-refractivity contribution in [1.82, 2.24) is 9.97 Å². The highest BCUT2D eigenvalue weighted by molar-refractivity contribution is 5.56. The lowest BCUT2D eigenvalue weighted by molar-refractivity contribution is 0.194. The zero-order valence-electron chi connectivity index (χ0n) is 10.9. The second-order valence-corrected chi connectivity index (χ2v) is 3.85. The van der Waals surface area contributed by atoms with Crippen molar-refractivity contribution in [3.8, 4) is 0 Å². The Labute approximate surface area is 103 Å². The van der Waals surface area contributed by atoms with Gasteiger partial charge in [-0.2, -0.15) is 0 Å². The molecule has 2 N–H and O–H groups in total. The van der Waals surface area contributed by atoms with E-state index in [1.807, 2.05) is 6.92 Å². The SMILES string of the molecule is CCNc1ncnc(NCCCCOC)c1C. The third-order valence-electron chi connectivity index (χ3n) is 2.50. The Bertz CT molecular complexity index is 330. The van der Waals surface area contributed by atoms with E-state index in [9.17, 15) is 0 Å². The van der Waals surface area contributed by atoms with Gasteiger partial charge in [0, 0.05) is 32.4 Å². The lowest BCUT2D eigenvalue weighted by Crippen LogP contribution is -2.09. The van der Waals surface area contributed by atoms with Crippen LogP contribution in [-0.4, -0.2) is 36.8 Å². The fourth-order valence-electron chi connectivity index (χ4n) is 1.55. The predicted octanol–water partition coefficient (Wildman–Crippen LogP) is 2.06. The molecule has 0 aliphatic heterocycles. The molecular formula is C12H22N4O. The van der Waals surface area contributed by atoms with E-state index in [0.29, 0.717) is 0 Å². The molecule has 0 aliphatic carbocycles. The Kier molecular flexibility index (Phi) is 6.32. The number of hydrogen-bond acceptors (Lipinski definition) is 5. The van der Waals surface area contributed by atoms with Crippen molar-refractivity contribution in [2.45, 2.75) is 26.7 Å². The molecule has 0 bridgehead atoms. The molecule has 0 amide bonds. The third-order valence-corrected chi connectivity index (χ3v) is 2.50. The first kappa shape index (κ1) is 13.7. The Morgan fingerprint density at radius 1 is 1.18 bits per heavy atom. The molecule has 0 unspecified atom stereocenters. The van der Waals surface area contributed by atoms with Crippen molar-refractivity contribution < 1.29 is 4.74 Å². The molecule has 5 heteroatoms. The maximum Gasteiger partial charge on any atom is 0.134 e. The van der Waals surface area contributed by atoms with Crippen molar-refractivity contribution in [2.75, 3.05) is 37.4 Å². The summed E-state index contributed by atoms with van der Waals surface area (Å²) in [7, 11) is 1.73. The quantitative estimate of drug-likeness (QED) is 0.679. The molecule has 0 atom stereocenters. The van der Waals surface area contributed by atoms with Crippen LogP contribution in [0.3, 0.4) is 0 Å². The molecule has 17 heavy (non-hydrogen) atoms. The van der Waals surface area contributed by atoms with E-state index in [-0.39, 0.29) is 0 Å². The van der Waals surface area contributed by atoms with E-state index in [1.54, 1.807) is 13.4 Å². The standard InChI is InChI=1S/C12H22N4O/c1-4-13-11-10(2)12(16-9-15-11)14-7-5-6-8-17-3/h9H,4-8H2,1-3H3,(H2,13,14,15,16). The summed E-state index contributed by atoms with van der Waals surface area (Å²) in [4.78, 5) is 8.45. The molecule has 0 saturated carbocycles. The number of nitrogens with zero attached hydrogens (tertiary/aromatic N) is 2. The van der Waals surface area contributed by atoms with Crippen LogP contribution in [-0.2, 0) is 4.74 Å². The second-order valence-electron chi connectivity index (χ2n) is 3.85. The van der Waals surface area contributed by atoms with Gasteiger partial charge < -0.3 is 15.4 Å². The van der Waals surface area contributed by atoms with E-state index >= 15 is 0 Å². The lowest BCUT2D eigenvalue weighted by atomic mass is 10.3. The maximum absolute atomic E-state index is 5.01. The van der Waals surface area contributed by atoms with Gasteiger partial charge in [0.05, 0.1) is 0 Å². The number of rotatable bonds is 8. The first-order valence-corrected chi connectivity index (χ1v) is 6.07. The summed E-state index contributed by atoms with van der Waals surface area (Å²) in [5.41, 5.74) is 1.07. The highest BCUT2D eigenvalue weighted by Crippen LogP contribution is 2.17. The van der Waals surface area contributed by atoms with E-state index in [0.717, 1.165) is 49.7 Å². The van der Waals surface area contributed by atoms with Crippen LogP contribution in [0.25, 0.3) is 0 Å². The van der Waals surface area contributed by atoms with Gasteiger partial charge in [-0.15, -0.1) is 0 Å². The van der Waals surface area contributed by atoms with Gasteiger partial charge in [-0.05, 0) is 26.7 Å². The molecule has 0 spiro atoms. The van der Waals surface area contributed by atoms with Gasteiger partial charge in [-0.1, -0.05) is 0 Å². The molecule has 1 heterocycles. The molecule has 0 radical (unpaired) electrons. The molecule has 0 saturated heterocycles. The largest absolute Gasteiger partial charge is 0.385 e. The maximum atomic E-state index is 5.01. The van der Waals surface area contributed by atoms with E-state index in [1.165, 1.54) is 0 Å². The minimum absolute atomic E-state index is 0.813. The highest BCUT2D eigenvalue weighted by Gasteiger charge is 2.04. The summed E-state index contributed by atoms with van der Waals surface area (Å²) in [6, 6.07) is 0. The van der Waals surface area contributed by atoms with Crippen LogP contribution in [0.15, 0.2) is 6.33 Å². The molecule has 1 rings (SSSR count). The zero-order chi connectivity index (χ0) is 12.5. The van der Waals surface area contributed by atoms with Gasteiger partial charge in [0.15, 0.2) is 0 Å². The van der Waals surface area contributed by atoms with Crippen molar-refractivity contribution in [1.29, 1.82) is 0 Å². The fraction of sp³-hybridized carbons (Fsp3) is 0.667. The summed E-state index contributed by atoms with van der Waals surface area (Å²) < 4.78 is 5.01. The Morgan fingerprint density at radius 2 is 1.88 bits per heavy atom. The molecule has 0 aromatic carbocycles. The van der Waals surface area contributed by atoms with Crippen LogP contribution < -0.4 is 10.6 Å². The fourth-order valence-corrected chi connectivity index (χ4v) is 1.55. The van der Waals surface area contributed by atoms with E-state index in [4.69, 9.17) is 4.74 Å². The number of hydrogen-bond donors (Lipinski definition) is 2. The van der Waals surface area contributed by atoms with Crippen LogP contribution >= 0.6 is 0 Å². The number of nitrogens with one attached hydrogen (secondary N) is 2. The second kappa shape index (κ2) is 7.84. The van der Waals surface area contributed by atoms with Crippen molar-refractivity contribution >= 4 is 11.6 Å². The number of methoxy groups -OCH3 is 1. The molecule has 0 fully saturated rings. The average Bonchev–Trinajstić information content (AvgIpc) is 2.33. The molecule has 0 aliphatic rings. The number of ether oxygens (including phenoxy) is 1. The highest BCUT2D eigenvalue weighted by atomic mass is 16.5. The summed E-state index contributed by atoms with van der Waals surface area (Å²) in [6.45, 7) is 6.67. The van der Waals surface area contributed by atoms with Gasteiger partial charge in [-0.3, -0.25) is 0 Å². The van der Waals surface area contributed by atoms with Crippen molar-refractivity contribution in [3.05, 3.63) is 11.9 Å². The monoisotopic (exact) mass is 238 g/mol. The van der Waals surface area contributed by atoms with Crippen LogP contribution in [0.1, 0.15) is 25.3 Å². The Balaban J connectivity index is 2.44. The van der Waals surface area contributed by atoms with Crippen molar-refractivity contribution in [3.63, 3.8) is 0 Å². The van der Waals surface area contributed by atoms with Crippen LogP contribution in [0.5, 0.6) is 0 Å². The van der Waals surface area contributed by atoms with Crippen LogP contribution in [0.2, 0.25) is 0 Å². The molecular weight excluding hydrogens is 216 g/mol. The van der Waals surface area contributed by atoms with Crippen molar-refractivity contribution in [2.24, 2.45) is 0 Å². The number of aromatic nitrogens is 2. The first-order valence-electron chi connectivity index (χ1n) is 6.07. The first-order chi connectivity index (χ1) is 8.29. The summed E-state index contributed by atoms with van der Waals surface area (Å²) in [5.74, 6) is 1.82. The normalized spacial score (nSPS) is 10.3. The Morgan fingerprint density at radius 3 is 2.53 bits per heavy atom. The van der Waals surface area contributed by atoms with Gasteiger partial charge in [0.1, 0.15) is 18.0 Å². The zero-order valence-corrected chi connectivity index (χ0v) is 10.9. The topological polar surface area (TPSA) is 59.1 Å². The molecule has 5 nitrogen and oxygen atoms in total. The predicted molar refractivity (Wildman–Crippen MR) is 70.5 cm³/mol. The smallest absolute Gasteiger partial charge is 0.134 e. The van der Waals surface area contributed by atoms with Gasteiger partial charge in [-0.25, -0.2) is 9.97 Å².